The molecule has 0 radical (unpaired) electrons. The quantitative estimate of drug-likeness (QED) is 0.436. The second-order valence-electron chi connectivity index (χ2n) is 6.60. The normalized spacial score (nSPS) is 10.9. The number of aromatic amines is 1. The Morgan fingerprint density at radius 3 is 2.71 bits per heavy atom. The summed E-state index contributed by atoms with van der Waals surface area (Å²) in [4.78, 5) is 38.3. The number of fused-ring (bicyclic) bond motifs is 1. The zero-order valence-corrected chi connectivity index (χ0v) is 16.8. The number of nitrogens with zero attached hydrogens (tertiary/aromatic N) is 2. The summed E-state index contributed by atoms with van der Waals surface area (Å²) in [6.45, 7) is -1.16. The molecular weight excluding hydrogens is 429 g/mol. The maximum absolute atomic E-state index is 13.0. The van der Waals surface area contributed by atoms with E-state index < -0.39 is 24.2 Å². The van der Waals surface area contributed by atoms with Gasteiger partial charge in [-0.25, -0.2) is 9.18 Å². The molecule has 0 bridgehead atoms. The van der Waals surface area contributed by atoms with E-state index in [1.165, 1.54) is 6.07 Å². The topological polar surface area (TPSA) is 122 Å². The molecule has 0 aliphatic rings. The minimum absolute atomic E-state index is 0.107. The largest absolute Gasteiger partial charge is 0.439 e. The van der Waals surface area contributed by atoms with E-state index in [0.29, 0.717) is 32.9 Å². The number of halogens is 2. The fourth-order valence-electron chi connectivity index (χ4n) is 3.27. The summed E-state index contributed by atoms with van der Waals surface area (Å²) in [5, 5.41) is 9.94. The van der Waals surface area contributed by atoms with Crippen LogP contribution in [0.15, 0.2) is 51.8 Å². The Morgan fingerprint density at radius 2 is 2.00 bits per heavy atom. The summed E-state index contributed by atoms with van der Waals surface area (Å²) in [7, 11) is 1.65. The third-order valence-electron chi connectivity index (χ3n) is 4.61. The van der Waals surface area contributed by atoms with Gasteiger partial charge in [0.15, 0.2) is 12.5 Å². The summed E-state index contributed by atoms with van der Waals surface area (Å²) in [6, 6.07) is 11.4. The van der Waals surface area contributed by atoms with E-state index in [1.807, 2.05) is 0 Å². The summed E-state index contributed by atoms with van der Waals surface area (Å²) >= 11 is 6.05. The Labute approximate surface area is 178 Å². The third-order valence-corrected chi connectivity index (χ3v) is 4.84. The molecule has 0 aliphatic carbocycles. The molecule has 2 heterocycles. The molecule has 31 heavy (non-hydrogen) atoms. The summed E-state index contributed by atoms with van der Waals surface area (Å²) in [6.07, 6.45) is 0. The molecule has 2 amide bonds. The first-order valence-electron chi connectivity index (χ1n) is 8.99. The average Bonchev–Trinajstić information content (AvgIpc) is 3.33. The number of benzene rings is 2. The number of aryl methyl sites for hydroxylation is 1. The lowest BCUT2D eigenvalue weighted by Gasteiger charge is -2.11. The van der Waals surface area contributed by atoms with Gasteiger partial charge in [0.1, 0.15) is 5.69 Å². The number of carbonyl (C=O) groups is 2. The molecule has 0 unspecified atom stereocenters. The lowest BCUT2D eigenvalue weighted by molar-refractivity contribution is -0.117. The molecule has 11 heteroatoms. The highest BCUT2D eigenvalue weighted by atomic mass is 35.5. The number of alkyl halides is 1. The van der Waals surface area contributed by atoms with Gasteiger partial charge in [-0.1, -0.05) is 28.9 Å². The van der Waals surface area contributed by atoms with E-state index >= 15 is 0 Å². The van der Waals surface area contributed by atoms with Gasteiger partial charge in [-0.2, -0.15) is 0 Å². The van der Waals surface area contributed by atoms with Gasteiger partial charge in [0.05, 0.1) is 16.9 Å². The first-order chi connectivity index (χ1) is 14.9. The van der Waals surface area contributed by atoms with Crippen LogP contribution >= 0.6 is 11.6 Å². The highest BCUT2D eigenvalue weighted by molar-refractivity contribution is 6.31. The van der Waals surface area contributed by atoms with Crippen molar-refractivity contribution in [1.29, 1.82) is 0 Å². The van der Waals surface area contributed by atoms with E-state index in [1.54, 1.807) is 48.0 Å². The second-order valence-corrected chi connectivity index (χ2v) is 7.04. The van der Waals surface area contributed by atoms with Crippen molar-refractivity contribution in [2.24, 2.45) is 7.05 Å². The fraction of sp³-hybridized carbons (Fsp3) is 0.100. The Morgan fingerprint density at radius 1 is 1.19 bits per heavy atom. The highest BCUT2D eigenvalue weighted by Crippen LogP contribution is 2.30. The van der Waals surface area contributed by atoms with Crippen LogP contribution in [-0.2, 0) is 11.8 Å². The van der Waals surface area contributed by atoms with Gasteiger partial charge in [0.25, 0.3) is 11.8 Å². The predicted octanol–water partition coefficient (Wildman–Crippen LogP) is 3.34. The highest BCUT2D eigenvalue weighted by Gasteiger charge is 2.19. The lowest BCUT2D eigenvalue weighted by atomic mass is 10.1. The zero-order valence-electron chi connectivity index (χ0n) is 16.0. The van der Waals surface area contributed by atoms with E-state index in [0.717, 1.165) is 0 Å². The van der Waals surface area contributed by atoms with Crippen LogP contribution < -0.4 is 16.4 Å². The van der Waals surface area contributed by atoms with Crippen molar-refractivity contribution in [3.05, 3.63) is 63.7 Å². The maximum Gasteiger partial charge on any atom is 0.439 e. The van der Waals surface area contributed by atoms with Gasteiger partial charge in [-0.15, -0.1) is 0 Å². The van der Waals surface area contributed by atoms with Crippen LogP contribution in [0.5, 0.6) is 0 Å². The maximum atomic E-state index is 13.0. The van der Waals surface area contributed by atoms with Gasteiger partial charge in [0.2, 0.25) is 0 Å². The summed E-state index contributed by atoms with van der Waals surface area (Å²) in [5.74, 6) is -1.89. The number of hydrogen-bond donors (Lipinski definition) is 3. The molecule has 0 spiro atoms. The molecule has 2 aromatic carbocycles. The smallest absolute Gasteiger partial charge is 0.338 e. The van der Waals surface area contributed by atoms with E-state index in [-0.39, 0.29) is 11.5 Å². The summed E-state index contributed by atoms with van der Waals surface area (Å²) < 4.78 is 18.8. The van der Waals surface area contributed by atoms with Gasteiger partial charge >= 0.3 is 5.76 Å². The van der Waals surface area contributed by atoms with Gasteiger partial charge < -0.3 is 15.2 Å². The van der Waals surface area contributed by atoms with Crippen LogP contribution in [0.2, 0.25) is 5.02 Å². The number of nitrogens with one attached hydrogen (secondary N) is 3. The number of anilines is 2. The number of hydrogen-bond acceptors (Lipinski definition) is 5. The van der Waals surface area contributed by atoms with Crippen LogP contribution in [0.3, 0.4) is 0 Å². The van der Waals surface area contributed by atoms with Crippen LogP contribution in [0.25, 0.3) is 22.3 Å². The van der Waals surface area contributed by atoms with Crippen molar-refractivity contribution in [2.45, 2.75) is 0 Å². The Bertz CT molecular complexity index is 1370. The Balaban J connectivity index is 1.72. The Hall–Kier alpha value is -3.92. The SMILES string of the molecule is Cn1c(C(=O)Nc2ccc(Cl)cc2-c2noc(=O)[nH]2)cc2cccc(NC(=O)CF)c21. The molecule has 0 fully saturated rings. The molecular formula is C20H15ClFN5O4. The van der Waals surface area contributed by atoms with Crippen molar-refractivity contribution in [3.8, 4) is 11.4 Å². The number of para-hydroxylation sites is 1. The number of aromatic nitrogens is 3. The molecule has 4 aromatic rings. The number of carbonyl (C=O) groups excluding carboxylic acids is 2. The van der Waals surface area contributed by atoms with Gasteiger partial charge in [-0.05, 0) is 30.3 Å². The molecule has 0 aliphatic heterocycles. The van der Waals surface area contributed by atoms with Crippen molar-refractivity contribution < 1.29 is 18.5 Å². The molecule has 158 valence electrons. The molecule has 4 rings (SSSR count). The number of rotatable bonds is 5. The van der Waals surface area contributed by atoms with E-state index in [9.17, 15) is 18.8 Å². The van der Waals surface area contributed by atoms with Crippen molar-refractivity contribution in [2.75, 3.05) is 17.3 Å². The van der Waals surface area contributed by atoms with Crippen LogP contribution in [-0.4, -0.2) is 33.2 Å². The molecule has 9 nitrogen and oxygen atoms in total. The molecule has 0 atom stereocenters. The van der Waals surface area contributed by atoms with Gasteiger partial charge in [0, 0.05) is 23.0 Å². The van der Waals surface area contributed by atoms with E-state index in [2.05, 4.69) is 25.3 Å². The predicted molar refractivity (Wildman–Crippen MR) is 113 cm³/mol. The average molecular weight is 444 g/mol. The van der Waals surface area contributed by atoms with Gasteiger partial charge in [-0.3, -0.25) is 19.1 Å². The standard InChI is InChI=1S/C20H15ClFN5O4/c1-27-15(7-10-3-2-4-14(17(10)27)23-16(28)9-22)19(29)24-13-6-5-11(21)8-12(13)18-25-20(30)31-26-18/h2-8H,9H2,1H3,(H,23,28)(H,24,29)(H,25,26,30). The van der Waals surface area contributed by atoms with Crippen LogP contribution in [0.1, 0.15) is 10.5 Å². The minimum Gasteiger partial charge on any atom is -0.338 e. The lowest BCUT2D eigenvalue weighted by Crippen LogP contribution is -2.17. The second kappa shape index (κ2) is 8.07. The monoisotopic (exact) mass is 443 g/mol. The van der Waals surface area contributed by atoms with Crippen LogP contribution in [0.4, 0.5) is 15.8 Å². The molecule has 3 N–H and O–H groups in total. The van der Waals surface area contributed by atoms with Crippen molar-refractivity contribution >= 4 is 45.7 Å². The molecule has 0 saturated heterocycles. The van der Waals surface area contributed by atoms with Crippen LogP contribution in [0, 0.1) is 0 Å². The van der Waals surface area contributed by atoms with Crippen molar-refractivity contribution in [3.63, 3.8) is 0 Å². The first kappa shape index (κ1) is 20.4. The summed E-state index contributed by atoms with van der Waals surface area (Å²) in [5.41, 5.74) is 1.93. The van der Waals surface area contributed by atoms with Crippen molar-refractivity contribution in [1.82, 2.24) is 14.7 Å². The van der Waals surface area contributed by atoms with E-state index in [4.69, 9.17) is 11.6 Å². The first-order valence-corrected chi connectivity index (χ1v) is 9.36. The Kier molecular flexibility index (Phi) is 5.30. The molecule has 0 saturated carbocycles. The fourth-order valence-corrected chi connectivity index (χ4v) is 3.44. The third kappa shape index (κ3) is 3.92. The zero-order chi connectivity index (χ0) is 22.1. The number of amides is 2. The minimum atomic E-state index is -1.16. The number of H-pyrrole nitrogens is 1. The molecule has 2 aromatic heterocycles.